The zero-order valence-electron chi connectivity index (χ0n) is 12.4. The Hall–Kier alpha value is -0.540. The van der Waals surface area contributed by atoms with E-state index in [0.717, 1.165) is 22.9 Å². The van der Waals surface area contributed by atoms with Crippen LogP contribution in [0.2, 0.25) is 0 Å². The van der Waals surface area contributed by atoms with E-state index in [9.17, 15) is 0 Å². The molecule has 1 aliphatic rings. The van der Waals surface area contributed by atoms with Crippen molar-refractivity contribution in [2.75, 3.05) is 25.0 Å². The van der Waals surface area contributed by atoms with E-state index in [4.69, 9.17) is 0 Å². The Morgan fingerprint density at radius 3 is 2.74 bits per heavy atom. The van der Waals surface area contributed by atoms with Crippen LogP contribution in [0.15, 0.2) is 22.7 Å². The summed E-state index contributed by atoms with van der Waals surface area (Å²) in [5.41, 5.74) is 2.74. The van der Waals surface area contributed by atoms with Gasteiger partial charge in [0.2, 0.25) is 0 Å². The number of benzene rings is 1. The molecule has 0 radical (unpaired) electrons. The first-order valence-electron chi connectivity index (χ1n) is 7.26. The van der Waals surface area contributed by atoms with Gasteiger partial charge in [-0.1, -0.05) is 35.8 Å². The summed E-state index contributed by atoms with van der Waals surface area (Å²) in [4.78, 5) is 2.42. The number of halogens is 1. The molecular formula is C16H25BrN2. The van der Waals surface area contributed by atoms with Gasteiger partial charge in [0.15, 0.2) is 0 Å². The third-order valence-electron chi connectivity index (χ3n) is 4.17. The van der Waals surface area contributed by atoms with E-state index < -0.39 is 0 Å². The first-order valence-corrected chi connectivity index (χ1v) is 8.06. The molecule has 0 spiro atoms. The fraction of sp³-hybridized carbons (Fsp3) is 0.625. The molecule has 1 fully saturated rings. The minimum Gasteiger partial charge on any atom is -0.374 e. The maximum absolute atomic E-state index is 3.60. The number of hydrogen-bond acceptors (Lipinski definition) is 2. The summed E-state index contributed by atoms with van der Waals surface area (Å²) < 4.78 is 1.16. The van der Waals surface area contributed by atoms with E-state index in [1.165, 1.54) is 24.2 Å². The molecule has 1 aromatic carbocycles. The summed E-state index contributed by atoms with van der Waals surface area (Å²) in [7, 11) is 2.22. The Labute approximate surface area is 125 Å². The van der Waals surface area contributed by atoms with Crippen LogP contribution in [0.25, 0.3) is 0 Å². The second-order valence-electron chi connectivity index (χ2n) is 5.84. The second kappa shape index (κ2) is 6.27. The molecule has 3 unspecified atom stereocenters. The van der Waals surface area contributed by atoms with Crippen LogP contribution in [0.3, 0.4) is 0 Å². The third kappa shape index (κ3) is 3.73. The van der Waals surface area contributed by atoms with E-state index in [1.807, 2.05) is 0 Å². The van der Waals surface area contributed by atoms with Crippen LogP contribution in [0.4, 0.5) is 5.69 Å². The lowest BCUT2D eigenvalue weighted by Gasteiger charge is -2.26. The van der Waals surface area contributed by atoms with Gasteiger partial charge in [-0.2, -0.15) is 0 Å². The lowest BCUT2D eigenvalue weighted by Crippen LogP contribution is -2.25. The molecule has 1 saturated carbocycles. The molecule has 0 bridgehead atoms. The molecule has 106 valence electrons. The molecule has 0 saturated heterocycles. The fourth-order valence-electron chi connectivity index (χ4n) is 2.73. The number of rotatable bonds is 6. The average molecular weight is 325 g/mol. The van der Waals surface area contributed by atoms with Crippen LogP contribution in [0.1, 0.15) is 38.8 Å². The van der Waals surface area contributed by atoms with E-state index in [-0.39, 0.29) is 0 Å². The van der Waals surface area contributed by atoms with Gasteiger partial charge in [0.05, 0.1) is 0 Å². The average Bonchev–Trinajstić information content (AvgIpc) is 3.04. The highest BCUT2D eigenvalue weighted by molar-refractivity contribution is 9.10. The number of anilines is 1. The van der Waals surface area contributed by atoms with Crippen LogP contribution in [0.5, 0.6) is 0 Å². The molecular weight excluding hydrogens is 300 g/mol. The molecule has 0 amide bonds. The Bertz CT molecular complexity index is 433. The maximum Gasteiger partial charge on any atom is 0.0423 e. The summed E-state index contributed by atoms with van der Waals surface area (Å²) in [5.74, 6) is 1.79. The van der Waals surface area contributed by atoms with Gasteiger partial charge in [-0.3, -0.25) is 0 Å². The molecule has 2 nitrogen and oxygen atoms in total. The first kappa shape index (κ1) is 14.9. The van der Waals surface area contributed by atoms with Gasteiger partial charge in [-0.15, -0.1) is 0 Å². The van der Waals surface area contributed by atoms with Crippen molar-refractivity contribution in [2.24, 2.45) is 11.8 Å². The van der Waals surface area contributed by atoms with E-state index >= 15 is 0 Å². The number of nitrogens with one attached hydrogen (secondary N) is 1. The highest BCUT2D eigenvalue weighted by Gasteiger charge is 2.33. The van der Waals surface area contributed by atoms with Crippen LogP contribution in [0, 0.1) is 11.8 Å². The molecule has 1 N–H and O–H groups in total. The summed E-state index contributed by atoms with van der Waals surface area (Å²) in [5, 5.41) is 3.51. The van der Waals surface area contributed by atoms with E-state index in [0.29, 0.717) is 6.04 Å². The molecule has 1 aromatic rings. The molecule has 2 rings (SSSR count). The van der Waals surface area contributed by atoms with Gasteiger partial charge in [-0.25, -0.2) is 0 Å². The van der Waals surface area contributed by atoms with Crippen molar-refractivity contribution < 1.29 is 0 Å². The standard InChI is InChI=1S/C16H25BrN2/c1-5-18-12(3)15-7-6-14(17)9-16(15)19(4)10-13-8-11(13)2/h6-7,9,11-13,18H,5,8,10H2,1-4H3. The molecule has 0 heterocycles. The van der Waals surface area contributed by atoms with Crippen molar-refractivity contribution in [1.29, 1.82) is 0 Å². The minimum absolute atomic E-state index is 0.396. The minimum atomic E-state index is 0.396. The van der Waals surface area contributed by atoms with Gasteiger partial charge in [0.1, 0.15) is 0 Å². The predicted octanol–water partition coefficient (Wildman–Crippen LogP) is 4.21. The number of hydrogen-bond donors (Lipinski definition) is 1. The predicted molar refractivity (Wildman–Crippen MR) is 86.8 cm³/mol. The monoisotopic (exact) mass is 324 g/mol. The molecule has 19 heavy (non-hydrogen) atoms. The van der Waals surface area contributed by atoms with Gasteiger partial charge >= 0.3 is 0 Å². The van der Waals surface area contributed by atoms with Gasteiger partial charge < -0.3 is 10.2 Å². The Morgan fingerprint density at radius 1 is 1.47 bits per heavy atom. The van der Waals surface area contributed by atoms with Crippen LogP contribution < -0.4 is 10.2 Å². The summed E-state index contributed by atoms with van der Waals surface area (Å²) in [6.45, 7) is 8.92. The lowest BCUT2D eigenvalue weighted by atomic mass is 10.0. The number of nitrogens with zero attached hydrogens (tertiary/aromatic N) is 1. The van der Waals surface area contributed by atoms with Gasteiger partial charge in [0.25, 0.3) is 0 Å². The smallest absolute Gasteiger partial charge is 0.0423 e. The molecule has 1 aliphatic carbocycles. The van der Waals surface area contributed by atoms with E-state index in [1.54, 1.807) is 0 Å². The van der Waals surface area contributed by atoms with Crippen molar-refractivity contribution in [3.63, 3.8) is 0 Å². The van der Waals surface area contributed by atoms with Crippen molar-refractivity contribution in [3.8, 4) is 0 Å². The van der Waals surface area contributed by atoms with Crippen molar-refractivity contribution >= 4 is 21.6 Å². The lowest BCUT2D eigenvalue weighted by molar-refractivity contribution is 0.595. The summed E-state index contributed by atoms with van der Waals surface area (Å²) in [6, 6.07) is 7.02. The topological polar surface area (TPSA) is 15.3 Å². The summed E-state index contributed by atoms with van der Waals surface area (Å²) >= 11 is 3.60. The van der Waals surface area contributed by atoms with Crippen molar-refractivity contribution in [1.82, 2.24) is 5.32 Å². The SMILES string of the molecule is CCNC(C)c1ccc(Br)cc1N(C)CC1CC1C. The van der Waals surface area contributed by atoms with E-state index in [2.05, 4.69) is 72.2 Å². The van der Waals surface area contributed by atoms with Crippen molar-refractivity contribution in [3.05, 3.63) is 28.2 Å². The Kier molecular flexibility index (Phi) is 4.91. The molecule has 3 heteroatoms. The largest absolute Gasteiger partial charge is 0.374 e. The zero-order chi connectivity index (χ0) is 14.0. The Balaban J connectivity index is 2.18. The fourth-order valence-corrected chi connectivity index (χ4v) is 3.08. The quantitative estimate of drug-likeness (QED) is 0.843. The highest BCUT2D eigenvalue weighted by atomic mass is 79.9. The normalized spacial score (nSPS) is 23.2. The first-order chi connectivity index (χ1) is 9.02. The molecule has 0 aliphatic heterocycles. The molecule has 0 aromatic heterocycles. The van der Waals surface area contributed by atoms with Crippen molar-refractivity contribution in [2.45, 2.75) is 33.2 Å². The van der Waals surface area contributed by atoms with Gasteiger partial charge in [0, 0.05) is 29.8 Å². The third-order valence-corrected chi connectivity index (χ3v) is 4.66. The maximum atomic E-state index is 3.60. The van der Waals surface area contributed by atoms with Crippen LogP contribution in [-0.2, 0) is 0 Å². The zero-order valence-corrected chi connectivity index (χ0v) is 14.0. The van der Waals surface area contributed by atoms with Crippen LogP contribution >= 0.6 is 15.9 Å². The van der Waals surface area contributed by atoms with Gasteiger partial charge in [-0.05, 0) is 49.4 Å². The Morgan fingerprint density at radius 2 is 2.16 bits per heavy atom. The second-order valence-corrected chi connectivity index (χ2v) is 6.75. The molecule has 3 atom stereocenters. The highest BCUT2D eigenvalue weighted by Crippen LogP contribution is 2.39. The summed E-state index contributed by atoms with van der Waals surface area (Å²) in [6.07, 6.45) is 1.39. The van der Waals surface area contributed by atoms with Crippen LogP contribution in [-0.4, -0.2) is 20.1 Å².